The van der Waals surface area contributed by atoms with Gasteiger partial charge in [-0.05, 0) is 57.8 Å². The highest BCUT2D eigenvalue weighted by atomic mass is 15.2. The van der Waals surface area contributed by atoms with Gasteiger partial charge in [-0.15, -0.1) is 0 Å². The van der Waals surface area contributed by atoms with Gasteiger partial charge in [0.05, 0.1) is 0 Å². The van der Waals surface area contributed by atoms with Crippen molar-refractivity contribution in [3.8, 4) is 0 Å². The summed E-state index contributed by atoms with van der Waals surface area (Å²) < 4.78 is 0. The largest absolute Gasteiger partial charge is 0.312 e. The third-order valence-electron chi connectivity index (χ3n) is 5.15. The fraction of sp³-hybridized carbons (Fsp3) is 1.00. The second-order valence-electron chi connectivity index (χ2n) is 7.22. The van der Waals surface area contributed by atoms with Crippen LogP contribution in [-0.4, -0.2) is 61.7 Å². The van der Waals surface area contributed by atoms with Gasteiger partial charge in [0.15, 0.2) is 0 Å². The Morgan fingerprint density at radius 2 is 1.95 bits per heavy atom. The van der Waals surface area contributed by atoms with E-state index >= 15 is 0 Å². The fourth-order valence-electron chi connectivity index (χ4n) is 3.87. The molecule has 1 saturated heterocycles. The maximum absolute atomic E-state index is 3.85. The van der Waals surface area contributed by atoms with Gasteiger partial charge in [0.2, 0.25) is 0 Å². The lowest BCUT2D eigenvalue weighted by Gasteiger charge is -2.37. The molecule has 0 aromatic carbocycles. The molecule has 0 radical (unpaired) electrons. The second kappa shape index (κ2) is 6.55. The summed E-state index contributed by atoms with van der Waals surface area (Å²) in [6.45, 7) is 13.4. The van der Waals surface area contributed by atoms with E-state index in [2.05, 4.69) is 42.9 Å². The van der Waals surface area contributed by atoms with E-state index in [1.54, 1.807) is 0 Å². The number of likely N-dealkylation sites (N-methyl/N-ethyl adjacent to an activating group) is 1. The van der Waals surface area contributed by atoms with Gasteiger partial charge in [-0.2, -0.15) is 0 Å². The zero-order valence-corrected chi connectivity index (χ0v) is 13.4. The summed E-state index contributed by atoms with van der Waals surface area (Å²) in [6, 6.07) is 1.43. The molecule has 0 amide bonds. The van der Waals surface area contributed by atoms with Crippen LogP contribution in [0.4, 0.5) is 0 Å². The minimum atomic E-state index is 0.456. The van der Waals surface area contributed by atoms with Gasteiger partial charge in [0.25, 0.3) is 0 Å². The van der Waals surface area contributed by atoms with Crippen molar-refractivity contribution in [2.75, 3.05) is 39.8 Å². The van der Waals surface area contributed by atoms with Gasteiger partial charge in [-0.1, -0.05) is 20.8 Å². The van der Waals surface area contributed by atoms with E-state index in [9.17, 15) is 0 Å². The van der Waals surface area contributed by atoms with Crippen molar-refractivity contribution in [2.24, 2.45) is 5.41 Å². The van der Waals surface area contributed by atoms with Crippen molar-refractivity contribution in [3.63, 3.8) is 0 Å². The number of hydrogen-bond donors (Lipinski definition) is 1. The van der Waals surface area contributed by atoms with E-state index in [-0.39, 0.29) is 0 Å². The lowest BCUT2D eigenvalue weighted by atomic mass is 9.86. The van der Waals surface area contributed by atoms with E-state index in [0.29, 0.717) is 11.5 Å². The van der Waals surface area contributed by atoms with Crippen LogP contribution in [0, 0.1) is 5.41 Å². The molecule has 3 nitrogen and oxygen atoms in total. The Labute approximate surface area is 119 Å². The summed E-state index contributed by atoms with van der Waals surface area (Å²) >= 11 is 0. The third-order valence-corrected chi connectivity index (χ3v) is 5.15. The summed E-state index contributed by atoms with van der Waals surface area (Å²) in [5, 5.41) is 3.85. The Hall–Kier alpha value is -0.120. The quantitative estimate of drug-likeness (QED) is 0.842. The van der Waals surface area contributed by atoms with Gasteiger partial charge in [-0.3, -0.25) is 4.90 Å². The van der Waals surface area contributed by atoms with Crippen LogP contribution >= 0.6 is 0 Å². The topological polar surface area (TPSA) is 18.5 Å². The van der Waals surface area contributed by atoms with Crippen LogP contribution in [0.5, 0.6) is 0 Å². The zero-order chi connectivity index (χ0) is 13.9. The van der Waals surface area contributed by atoms with E-state index in [1.807, 2.05) is 0 Å². The highest BCUT2D eigenvalue weighted by Gasteiger charge is 2.43. The Kier molecular flexibility index (Phi) is 5.27. The summed E-state index contributed by atoms with van der Waals surface area (Å²) in [5.41, 5.74) is 0.456. The monoisotopic (exact) mass is 267 g/mol. The first-order chi connectivity index (χ1) is 9.04. The maximum Gasteiger partial charge on any atom is 0.0274 e. The van der Waals surface area contributed by atoms with Crippen LogP contribution in [0.1, 0.15) is 46.5 Å². The molecule has 2 aliphatic rings. The minimum Gasteiger partial charge on any atom is -0.312 e. The molecule has 0 aromatic rings. The molecule has 3 heteroatoms. The summed E-state index contributed by atoms with van der Waals surface area (Å²) in [5.74, 6) is 0. The highest BCUT2D eigenvalue weighted by molar-refractivity contribution is 5.01. The van der Waals surface area contributed by atoms with Crippen molar-refractivity contribution in [1.29, 1.82) is 0 Å². The minimum absolute atomic E-state index is 0.456. The lowest BCUT2D eigenvalue weighted by Crippen LogP contribution is -2.52. The van der Waals surface area contributed by atoms with Gasteiger partial charge in [0, 0.05) is 25.2 Å². The average molecular weight is 267 g/mol. The molecule has 2 atom stereocenters. The molecule has 1 N–H and O–H groups in total. The fourth-order valence-corrected chi connectivity index (χ4v) is 3.87. The Bertz CT molecular complexity index is 277. The first kappa shape index (κ1) is 15.3. The summed E-state index contributed by atoms with van der Waals surface area (Å²) in [7, 11) is 2.26. The van der Waals surface area contributed by atoms with Crippen LogP contribution in [-0.2, 0) is 0 Å². The number of nitrogens with zero attached hydrogens (tertiary/aromatic N) is 2. The van der Waals surface area contributed by atoms with Crippen LogP contribution < -0.4 is 5.32 Å². The zero-order valence-electron chi connectivity index (χ0n) is 13.4. The lowest BCUT2D eigenvalue weighted by molar-refractivity contribution is 0.148. The smallest absolute Gasteiger partial charge is 0.0274 e. The molecule has 1 heterocycles. The van der Waals surface area contributed by atoms with Crippen molar-refractivity contribution in [2.45, 2.75) is 58.5 Å². The Balaban J connectivity index is 2.00. The third kappa shape index (κ3) is 3.71. The molecule has 1 aliphatic carbocycles. The molecule has 1 saturated carbocycles. The highest BCUT2D eigenvalue weighted by Crippen LogP contribution is 2.40. The van der Waals surface area contributed by atoms with Crippen molar-refractivity contribution in [1.82, 2.24) is 15.1 Å². The van der Waals surface area contributed by atoms with Crippen molar-refractivity contribution in [3.05, 3.63) is 0 Å². The van der Waals surface area contributed by atoms with E-state index < -0.39 is 0 Å². The molecule has 2 fully saturated rings. The van der Waals surface area contributed by atoms with Crippen LogP contribution in [0.2, 0.25) is 0 Å². The first-order valence-electron chi connectivity index (χ1n) is 8.20. The van der Waals surface area contributed by atoms with E-state index in [4.69, 9.17) is 0 Å². The predicted molar refractivity (Wildman–Crippen MR) is 82.6 cm³/mol. The maximum atomic E-state index is 3.85. The number of nitrogens with one attached hydrogen (secondary N) is 1. The van der Waals surface area contributed by atoms with Gasteiger partial charge < -0.3 is 10.2 Å². The molecular formula is C16H33N3. The average Bonchev–Trinajstić information content (AvgIpc) is 2.52. The summed E-state index contributed by atoms with van der Waals surface area (Å²) in [6.07, 6.45) is 5.31. The standard InChI is InChI=1S/C16H33N3/c1-5-9-17-15-14(7-8-16(15,2)3)19-11-6-10-18(4)12-13-19/h14-15,17H,5-13H2,1-4H3. The molecular weight excluding hydrogens is 234 g/mol. The molecule has 0 spiro atoms. The summed E-state index contributed by atoms with van der Waals surface area (Å²) in [4.78, 5) is 5.25. The second-order valence-corrected chi connectivity index (χ2v) is 7.22. The van der Waals surface area contributed by atoms with Crippen molar-refractivity contribution < 1.29 is 0 Å². The Morgan fingerprint density at radius 3 is 2.68 bits per heavy atom. The SMILES string of the molecule is CCCNC1C(N2CCCN(C)CC2)CCC1(C)C. The molecule has 0 bridgehead atoms. The van der Waals surface area contributed by atoms with Gasteiger partial charge in [0.1, 0.15) is 0 Å². The number of rotatable bonds is 4. The van der Waals surface area contributed by atoms with Crippen molar-refractivity contribution >= 4 is 0 Å². The van der Waals surface area contributed by atoms with Crippen LogP contribution in [0.3, 0.4) is 0 Å². The van der Waals surface area contributed by atoms with E-state index in [0.717, 1.165) is 6.04 Å². The molecule has 0 aromatic heterocycles. The van der Waals surface area contributed by atoms with Crippen LogP contribution in [0.25, 0.3) is 0 Å². The molecule has 1 aliphatic heterocycles. The Morgan fingerprint density at radius 1 is 1.16 bits per heavy atom. The molecule has 19 heavy (non-hydrogen) atoms. The molecule has 2 rings (SSSR count). The number of hydrogen-bond acceptors (Lipinski definition) is 3. The normalized spacial score (nSPS) is 33.5. The predicted octanol–water partition coefficient (Wildman–Crippen LogP) is 2.18. The first-order valence-corrected chi connectivity index (χ1v) is 8.20. The van der Waals surface area contributed by atoms with Gasteiger partial charge >= 0.3 is 0 Å². The van der Waals surface area contributed by atoms with Crippen LogP contribution in [0.15, 0.2) is 0 Å². The molecule has 2 unspecified atom stereocenters. The van der Waals surface area contributed by atoms with E-state index in [1.165, 1.54) is 58.4 Å². The van der Waals surface area contributed by atoms with Gasteiger partial charge in [-0.25, -0.2) is 0 Å². The molecule has 112 valence electrons.